The van der Waals surface area contributed by atoms with Crippen LogP contribution in [0.1, 0.15) is 18.5 Å². The molecule has 1 aromatic heterocycles. The Balaban J connectivity index is 1.50. The monoisotopic (exact) mass is 573 g/mol. The van der Waals surface area contributed by atoms with Crippen LogP contribution in [0.5, 0.6) is 5.75 Å². The van der Waals surface area contributed by atoms with E-state index in [1.807, 2.05) is 0 Å². The summed E-state index contributed by atoms with van der Waals surface area (Å²) in [5.41, 5.74) is -1.97. The third-order valence-electron chi connectivity index (χ3n) is 6.26. The van der Waals surface area contributed by atoms with Crippen LogP contribution in [0.2, 0.25) is 0 Å². The van der Waals surface area contributed by atoms with Gasteiger partial charge in [-0.2, -0.15) is 31.4 Å². The highest BCUT2D eigenvalue weighted by molar-refractivity contribution is 5.37. The van der Waals surface area contributed by atoms with Gasteiger partial charge in [-0.3, -0.25) is 0 Å². The van der Waals surface area contributed by atoms with E-state index in [1.54, 1.807) is 0 Å². The van der Waals surface area contributed by atoms with Gasteiger partial charge < -0.3 is 9.47 Å². The zero-order valence-corrected chi connectivity index (χ0v) is 19.5. The van der Waals surface area contributed by atoms with Crippen LogP contribution in [0.4, 0.5) is 43.9 Å². The van der Waals surface area contributed by atoms with Crippen LogP contribution in [-0.4, -0.2) is 51.8 Å². The summed E-state index contributed by atoms with van der Waals surface area (Å²) in [5.74, 6) is -20.6. The molecule has 1 fully saturated rings. The topological polar surface area (TPSA) is 61.6 Å². The van der Waals surface area contributed by atoms with Gasteiger partial charge in [0.05, 0.1) is 18.3 Å². The number of epoxide rings is 1. The normalized spacial score (nSPS) is 18.9. The molecule has 3 aromatic rings. The first-order valence-corrected chi connectivity index (χ1v) is 11.0. The van der Waals surface area contributed by atoms with E-state index >= 15 is 0 Å². The largest absolute Gasteiger partial charge is 0.487 e. The summed E-state index contributed by atoms with van der Waals surface area (Å²) in [6.45, 7) is -0.826. The molecule has 212 valence electrons. The molecular formula is C23H17F10N3O3. The molecule has 0 unspecified atom stereocenters. The third kappa shape index (κ3) is 4.74. The van der Waals surface area contributed by atoms with Crippen molar-refractivity contribution in [3.8, 4) is 11.4 Å². The number of nitrogens with zero attached hydrogens (tertiary/aromatic N) is 3. The molecule has 0 spiro atoms. The second-order valence-corrected chi connectivity index (χ2v) is 8.69. The van der Waals surface area contributed by atoms with E-state index in [4.69, 9.17) is 4.74 Å². The molecule has 2 aromatic carbocycles. The van der Waals surface area contributed by atoms with Gasteiger partial charge in [-0.25, -0.2) is 31.6 Å². The average Bonchev–Trinajstić information content (AvgIpc) is 3.58. The van der Waals surface area contributed by atoms with Crippen molar-refractivity contribution in [2.45, 2.75) is 42.8 Å². The maximum Gasteiger partial charge on any atom is 0.381 e. The smallest absolute Gasteiger partial charge is 0.381 e. The van der Waals surface area contributed by atoms with Crippen molar-refractivity contribution in [3.05, 3.63) is 76.5 Å². The number of aromatic nitrogens is 3. The van der Waals surface area contributed by atoms with E-state index in [1.165, 1.54) is 13.0 Å². The van der Waals surface area contributed by atoms with Gasteiger partial charge >= 0.3 is 29.9 Å². The molecule has 0 amide bonds. The number of ether oxygens (including phenoxy) is 2. The van der Waals surface area contributed by atoms with Crippen molar-refractivity contribution in [3.63, 3.8) is 0 Å². The summed E-state index contributed by atoms with van der Waals surface area (Å²) in [6, 6.07) is 6.09. The van der Waals surface area contributed by atoms with Crippen molar-refractivity contribution >= 4 is 0 Å². The molecule has 6 nitrogen and oxygen atoms in total. The summed E-state index contributed by atoms with van der Waals surface area (Å²) >= 11 is 0. The maximum absolute atomic E-state index is 14.4. The third-order valence-corrected chi connectivity index (χ3v) is 6.26. The number of hydrogen-bond donors (Lipinski definition) is 0. The Bertz CT molecular complexity index is 1400. The number of hydrogen-bond acceptors (Lipinski definition) is 4. The van der Waals surface area contributed by atoms with Crippen LogP contribution in [0, 0.1) is 11.6 Å². The van der Waals surface area contributed by atoms with Crippen molar-refractivity contribution in [2.24, 2.45) is 0 Å². The molecule has 1 aliphatic rings. The zero-order valence-electron chi connectivity index (χ0n) is 19.5. The lowest BCUT2D eigenvalue weighted by Crippen LogP contribution is -2.59. The molecule has 0 bridgehead atoms. The molecule has 4 rings (SSSR count). The minimum absolute atomic E-state index is 0.00745. The number of halogens is 10. The molecule has 16 heteroatoms. The molecule has 0 radical (unpaired) electrons. The highest BCUT2D eigenvalue weighted by atomic mass is 19.4. The number of rotatable bonds is 10. The Kier molecular flexibility index (Phi) is 6.98. The lowest BCUT2D eigenvalue weighted by molar-refractivity contribution is -0.342. The van der Waals surface area contributed by atoms with E-state index in [-0.39, 0.29) is 17.9 Å². The summed E-state index contributed by atoms with van der Waals surface area (Å²) in [6.07, 6.45) is -3.98. The fourth-order valence-electron chi connectivity index (χ4n) is 3.84. The summed E-state index contributed by atoms with van der Waals surface area (Å²) in [4.78, 5) is 13.0. The van der Waals surface area contributed by atoms with E-state index in [9.17, 15) is 48.7 Å². The summed E-state index contributed by atoms with van der Waals surface area (Å²) in [7, 11) is 0. The van der Waals surface area contributed by atoms with Crippen molar-refractivity contribution < 1.29 is 53.4 Å². The standard InChI is InChI=1S/C23H17F10N3O3/c1-12(20(9-39-20)16-7-2-13(24)8-17(16)25)36-19(37)35(11-34-36)14-3-5-15(6-4-14)38-10-21(28,29)23(32,33)22(30,31)18(26)27/h2-8,11-12,18H,9-10H2,1H3/t12-,20-/m1/s1. The molecular weight excluding hydrogens is 556 g/mol. The zero-order chi connectivity index (χ0) is 29.0. The Morgan fingerprint density at radius 2 is 1.67 bits per heavy atom. The predicted molar refractivity (Wildman–Crippen MR) is 113 cm³/mol. The minimum Gasteiger partial charge on any atom is -0.487 e. The van der Waals surface area contributed by atoms with Gasteiger partial charge in [0, 0.05) is 11.6 Å². The van der Waals surface area contributed by atoms with Gasteiger partial charge in [0.15, 0.2) is 6.61 Å². The van der Waals surface area contributed by atoms with Gasteiger partial charge in [0.2, 0.25) is 0 Å². The van der Waals surface area contributed by atoms with Gasteiger partial charge in [0.1, 0.15) is 29.3 Å². The highest BCUT2D eigenvalue weighted by Gasteiger charge is 2.75. The predicted octanol–water partition coefficient (Wildman–Crippen LogP) is 5.35. The highest BCUT2D eigenvalue weighted by Crippen LogP contribution is 2.49. The summed E-state index contributed by atoms with van der Waals surface area (Å²) in [5, 5.41) is 3.97. The second-order valence-electron chi connectivity index (χ2n) is 8.69. The van der Waals surface area contributed by atoms with Gasteiger partial charge in [-0.05, 0) is 37.3 Å². The fraction of sp³-hybridized carbons (Fsp3) is 0.391. The maximum atomic E-state index is 14.4. The van der Waals surface area contributed by atoms with Crippen LogP contribution in [0.3, 0.4) is 0 Å². The molecule has 0 saturated carbocycles. The molecule has 2 heterocycles. The Labute approximate surface area is 212 Å². The van der Waals surface area contributed by atoms with E-state index < -0.39 is 65.5 Å². The SMILES string of the molecule is C[C@@H](n1ncn(-c2ccc(OCC(F)(F)C(F)(F)C(F)(F)C(F)F)cc2)c1=O)[C@@]1(c2ccc(F)cc2F)CO1. The Morgan fingerprint density at radius 1 is 1.05 bits per heavy atom. The first-order chi connectivity index (χ1) is 18.0. The first-order valence-electron chi connectivity index (χ1n) is 11.0. The van der Waals surface area contributed by atoms with Gasteiger partial charge in [-0.1, -0.05) is 6.07 Å². The van der Waals surface area contributed by atoms with Gasteiger partial charge in [0.25, 0.3) is 0 Å². The Hall–Kier alpha value is -3.56. The molecule has 2 atom stereocenters. The lowest BCUT2D eigenvalue weighted by Gasteiger charge is -2.32. The minimum atomic E-state index is -6.41. The molecule has 39 heavy (non-hydrogen) atoms. The average molecular weight is 573 g/mol. The van der Waals surface area contributed by atoms with E-state index in [0.29, 0.717) is 6.07 Å². The number of alkyl halides is 8. The van der Waals surface area contributed by atoms with Crippen LogP contribution in [-0.2, 0) is 10.3 Å². The van der Waals surface area contributed by atoms with Crippen LogP contribution in [0.25, 0.3) is 5.69 Å². The van der Waals surface area contributed by atoms with Crippen molar-refractivity contribution in [1.82, 2.24) is 14.3 Å². The fourth-order valence-corrected chi connectivity index (χ4v) is 3.84. The first kappa shape index (κ1) is 28.4. The quantitative estimate of drug-likeness (QED) is 0.243. The lowest BCUT2D eigenvalue weighted by atomic mass is 9.92. The van der Waals surface area contributed by atoms with Gasteiger partial charge in [-0.15, -0.1) is 0 Å². The van der Waals surface area contributed by atoms with E-state index in [0.717, 1.165) is 45.9 Å². The van der Waals surface area contributed by atoms with E-state index in [2.05, 4.69) is 9.84 Å². The summed E-state index contributed by atoms with van der Waals surface area (Å²) < 4.78 is 144. The molecule has 1 saturated heterocycles. The molecule has 1 aliphatic heterocycles. The van der Waals surface area contributed by atoms with Crippen LogP contribution < -0.4 is 10.4 Å². The molecule has 0 N–H and O–H groups in total. The van der Waals surface area contributed by atoms with Crippen LogP contribution in [0.15, 0.2) is 53.6 Å². The van der Waals surface area contributed by atoms with Crippen LogP contribution >= 0.6 is 0 Å². The molecule has 0 aliphatic carbocycles. The van der Waals surface area contributed by atoms with Crippen molar-refractivity contribution in [2.75, 3.05) is 13.2 Å². The Morgan fingerprint density at radius 3 is 2.21 bits per heavy atom. The second kappa shape index (κ2) is 9.57. The number of benzene rings is 2. The van der Waals surface area contributed by atoms with Crippen molar-refractivity contribution in [1.29, 1.82) is 0 Å².